The monoisotopic (exact) mass is 541 g/mol. The number of unbranched alkanes of at least 4 members (excludes halogenated alkanes) is 25. The second kappa shape index (κ2) is 36.9. The molecule has 0 aromatic heterocycles. The number of ether oxygens (including phenoxy) is 3. The highest BCUT2D eigenvalue weighted by Gasteiger charge is 1.97. The molecule has 0 bridgehead atoms. The minimum absolute atomic E-state index is 0.695. The molecule has 0 aliphatic heterocycles. The van der Waals surface area contributed by atoms with E-state index in [2.05, 4.69) is 13.8 Å². The van der Waals surface area contributed by atoms with Gasteiger partial charge in [0, 0.05) is 13.2 Å². The summed E-state index contributed by atoms with van der Waals surface area (Å²) < 4.78 is 17.0. The van der Waals surface area contributed by atoms with Gasteiger partial charge in [-0.15, -0.1) is 0 Å². The Labute approximate surface area is 240 Å². The van der Waals surface area contributed by atoms with E-state index < -0.39 is 0 Å². The van der Waals surface area contributed by atoms with Crippen LogP contribution in [0, 0.1) is 0 Å². The molecule has 230 valence electrons. The van der Waals surface area contributed by atoms with E-state index in [9.17, 15) is 0 Å². The molecular formula is C35H72O3. The highest BCUT2D eigenvalue weighted by molar-refractivity contribution is 4.50. The second-order valence-corrected chi connectivity index (χ2v) is 11.7. The zero-order valence-electron chi connectivity index (χ0n) is 26.6. The third-order valence-electron chi connectivity index (χ3n) is 7.78. The van der Waals surface area contributed by atoms with Gasteiger partial charge in [-0.3, -0.25) is 0 Å². The van der Waals surface area contributed by atoms with E-state index >= 15 is 0 Å². The maximum Gasteiger partial charge on any atom is 0.0701 e. The van der Waals surface area contributed by atoms with Gasteiger partial charge in [0.05, 0.1) is 26.4 Å². The van der Waals surface area contributed by atoms with Crippen molar-refractivity contribution in [2.75, 3.05) is 39.6 Å². The summed E-state index contributed by atoms with van der Waals surface area (Å²) in [5, 5.41) is 0. The third kappa shape index (κ3) is 35.9. The maximum absolute atomic E-state index is 5.71. The van der Waals surface area contributed by atoms with Crippen molar-refractivity contribution in [1.82, 2.24) is 0 Å². The first-order valence-electron chi connectivity index (χ1n) is 17.6. The molecule has 0 aromatic rings. The minimum Gasteiger partial charge on any atom is -0.379 e. The van der Waals surface area contributed by atoms with Crippen molar-refractivity contribution >= 4 is 0 Å². The van der Waals surface area contributed by atoms with Crippen LogP contribution >= 0.6 is 0 Å². The minimum atomic E-state index is 0.695. The first kappa shape index (κ1) is 37.9. The Morgan fingerprint density at radius 2 is 0.395 bits per heavy atom. The molecule has 0 unspecified atom stereocenters. The summed E-state index contributed by atoms with van der Waals surface area (Å²) in [5.74, 6) is 0. The quantitative estimate of drug-likeness (QED) is 0.0748. The van der Waals surface area contributed by atoms with Crippen LogP contribution in [0.3, 0.4) is 0 Å². The number of rotatable bonds is 35. The fourth-order valence-corrected chi connectivity index (χ4v) is 5.16. The van der Waals surface area contributed by atoms with Crippen LogP contribution in [0.1, 0.15) is 187 Å². The summed E-state index contributed by atoms with van der Waals surface area (Å²) in [6.07, 6.45) is 37.8. The van der Waals surface area contributed by atoms with Crippen molar-refractivity contribution in [1.29, 1.82) is 0 Å². The standard InChI is InChI=1S/C35H72O3/c1-3-5-7-9-11-13-15-17-19-21-23-25-27-29-31-37-33-35-38-34-32-36-30-28-26-24-22-20-18-16-14-12-10-8-6-4-2/h3-35H2,1-2H3. The topological polar surface area (TPSA) is 27.7 Å². The Kier molecular flexibility index (Phi) is 36.8. The Hall–Kier alpha value is -0.120. The highest BCUT2D eigenvalue weighted by Crippen LogP contribution is 2.14. The van der Waals surface area contributed by atoms with Crippen LogP contribution in [0.15, 0.2) is 0 Å². The summed E-state index contributed by atoms with van der Waals surface area (Å²) in [6, 6.07) is 0. The van der Waals surface area contributed by atoms with E-state index in [-0.39, 0.29) is 0 Å². The first-order chi connectivity index (χ1) is 18.9. The molecule has 0 radical (unpaired) electrons. The van der Waals surface area contributed by atoms with Gasteiger partial charge in [0.25, 0.3) is 0 Å². The van der Waals surface area contributed by atoms with Gasteiger partial charge in [0.15, 0.2) is 0 Å². The average molecular weight is 541 g/mol. The van der Waals surface area contributed by atoms with Crippen molar-refractivity contribution in [3.8, 4) is 0 Å². The Morgan fingerprint density at radius 1 is 0.211 bits per heavy atom. The summed E-state index contributed by atoms with van der Waals surface area (Å²) in [6.45, 7) is 9.19. The maximum atomic E-state index is 5.71. The van der Waals surface area contributed by atoms with Gasteiger partial charge in [0.2, 0.25) is 0 Å². The lowest BCUT2D eigenvalue weighted by molar-refractivity contribution is 0.0132. The molecule has 0 saturated heterocycles. The molecule has 0 N–H and O–H groups in total. The van der Waals surface area contributed by atoms with Crippen LogP contribution in [-0.4, -0.2) is 39.6 Å². The van der Waals surface area contributed by atoms with E-state index in [1.165, 1.54) is 173 Å². The molecule has 3 nitrogen and oxygen atoms in total. The molecule has 0 aliphatic rings. The van der Waals surface area contributed by atoms with E-state index in [0.29, 0.717) is 13.2 Å². The van der Waals surface area contributed by atoms with Crippen molar-refractivity contribution in [3.63, 3.8) is 0 Å². The Morgan fingerprint density at radius 3 is 0.632 bits per heavy atom. The van der Waals surface area contributed by atoms with Gasteiger partial charge >= 0.3 is 0 Å². The fraction of sp³-hybridized carbons (Fsp3) is 1.00. The lowest BCUT2D eigenvalue weighted by Crippen LogP contribution is -2.10. The smallest absolute Gasteiger partial charge is 0.0701 e. The van der Waals surface area contributed by atoms with Gasteiger partial charge in [-0.05, 0) is 12.8 Å². The average Bonchev–Trinajstić information content (AvgIpc) is 2.93. The molecule has 3 heteroatoms. The summed E-state index contributed by atoms with van der Waals surface area (Å²) in [7, 11) is 0. The SMILES string of the molecule is CCCCCCCCCCCCCCCCOCCOCCOCCCCCCCCCCCCCCC. The molecule has 0 amide bonds. The molecule has 0 aromatic carbocycles. The summed E-state index contributed by atoms with van der Waals surface area (Å²) >= 11 is 0. The molecule has 38 heavy (non-hydrogen) atoms. The van der Waals surface area contributed by atoms with Crippen LogP contribution in [-0.2, 0) is 14.2 Å². The zero-order valence-corrected chi connectivity index (χ0v) is 26.6. The Bertz CT molecular complexity index is 351. The van der Waals surface area contributed by atoms with E-state index in [1.807, 2.05) is 0 Å². The van der Waals surface area contributed by atoms with Crippen LogP contribution in [0.2, 0.25) is 0 Å². The summed E-state index contributed by atoms with van der Waals surface area (Å²) in [5.41, 5.74) is 0. The van der Waals surface area contributed by atoms with E-state index in [1.54, 1.807) is 0 Å². The molecule has 0 heterocycles. The van der Waals surface area contributed by atoms with Crippen molar-refractivity contribution in [2.24, 2.45) is 0 Å². The predicted octanol–water partition coefficient (Wildman–Crippen LogP) is 11.6. The van der Waals surface area contributed by atoms with Crippen molar-refractivity contribution < 1.29 is 14.2 Å². The lowest BCUT2D eigenvalue weighted by atomic mass is 10.0. The second-order valence-electron chi connectivity index (χ2n) is 11.7. The van der Waals surface area contributed by atoms with E-state index in [4.69, 9.17) is 14.2 Å². The first-order valence-corrected chi connectivity index (χ1v) is 17.6. The molecule has 0 rings (SSSR count). The van der Waals surface area contributed by atoms with Crippen LogP contribution in [0.4, 0.5) is 0 Å². The Balaban J connectivity index is 3.01. The van der Waals surface area contributed by atoms with Gasteiger partial charge in [-0.25, -0.2) is 0 Å². The van der Waals surface area contributed by atoms with Gasteiger partial charge in [-0.2, -0.15) is 0 Å². The third-order valence-corrected chi connectivity index (χ3v) is 7.78. The molecular weight excluding hydrogens is 468 g/mol. The van der Waals surface area contributed by atoms with E-state index in [0.717, 1.165) is 26.4 Å². The van der Waals surface area contributed by atoms with Gasteiger partial charge < -0.3 is 14.2 Å². The van der Waals surface area contributed by atoms with Crippen LogP contribution in [0.25, 0.3) is 0 Å². The van der Waals surface area contributed by atoms with Crippen LogP contribution < -0.4 is 0 Å². The van der Waals surface area contributed by atoms with Gasteiger partial charge in [-0.1, -0.05) is 174 Å². The zero-order chi connectivity index (χ0) is 27.5. The normalized spacial score (nSPS) is 11.5. The predicted molar refractivity (Wildman–Crippen MR) is 168 cm³/mol. The van der Waals surface area contributed by atoms with Gasteiger partial charge in [0.1, 0.15) is 0 Å². The molecule has 0 fully saturated rings. The highest BCUT2D eigenvalue weighted by atomic mass is 16.5. The lowest BCUT2D eigenvalue weighted by Gasteiger charge is -2.07. The molecule has 0 atom stereocenters. The molecule has 0 aliphatic carbocycles. The molecule has 0 saturated carbocycles. The van der Waals surface area contributed by atoms with Crippen LogP contribution in [0.5, 0.6) is 0 Å². The molecule has 0 spiro atoms. The largest absolute Gasteiger partial charge is 0.379 e. The fourth-order valence-electron chi connectivity index (χ4n) is 5.16. The summed E-state index contributed by atoms with van der Waals surface area (Å²) in [4.78, 5) is 0. The van der Waals surface area contributed by atoms with Crippen molar-refractivity contribution in [3.05, 3.63) is 0 Å². The van der Waals surface area contributed by atoms with Crippen molar-refractivity contribution in [2.45, 2.75) is 187 Å². The number of hydrogen-bond donors (Lipinski definition) is 0. The number of hydrogen-bond acceptors (Lipinski definition) is 3.